The fourth-order valence-corrected chi connectivity index (χ4v) is 2.46. The zero-order valence-electron chi connectivity index (χ0n) is 13.5. The lowest BCUT2D eigenvalue weighted by Gasteiger charge is -2.27. The number of esters is 2. The van der Waals surface area contributed by atoms with Crippen molar-refractivity contribution in [2.75, 3.05) is 7.11 Å². The molecule has 1 aliphatic rings. The summed E-state index contributed by atoms with van der Waals surface area (Å²) in [5, 5.41) is 0. The van der Waals surface area contributed by atoms with Crippen LogP contribution in [0.5, 0.6) is 5.75 Å². The fraction of sp³-hybridized carbons (Fsp3) is 0.444. The second-order valence-electron chi connectivity index (χ2n) is 5.73. The van der Waals surface area contributed by atoms with Crippen molar-refractivity contribution in [1.29, 1.82) is 0 Å². The molecule has 0 aliphatic heterocycles. The van der Waals surface area contributed by atoms with Gasteiger partial charge >= 0.3 is 11.9 Å². The van der Waals surface area contributed by atoms with E-state index < -0.39 is 5.97 Å². The summed E-state index contributed by atoms with van der Waals surface area (Å²) in [6.45, 7) is 5.09. The van der Waals surface area contributed by atoms with E-state index in [0.717, 1.165) is 25.7 Å². The number of carbonyl (C=O) groups excluding carboxylic acids is 2. The molecule has 5 nitrogen and oxygen atoms in total. The number of hydrogen-bond acceptors (Lipinski definition) is 5. The standard InChI is InChI=1S/C18H22O5/c1-12(2)17(19)22-15-6-4-13(5-7-15)18(20)23-16-10-8-14(21-3)9-11-16/h4-7,14,16H,1,8-11H2,2-3H3. The van der Waals surface area contributed by atoms with Gasteiger partial charge in [-0.1, -0.05) is 6.58 Å². The van der Waals surface area contributed by atoms with Gasteiger partial charge in [-0.3, -0.25) is 0 Å². The van der Waals surface area contributed by atoms with Crippen molar-refractivity contribution in [1.82, 2.24) is 0 Å². The molecule has 0 amide bonds. The molecule has 1 fully saturated rings. The Morgan fingerprint density at radius 3 is 2.13 bits per heavy atom. The molecule has 0 radical (unpaired) electrons. The molecule has 5 heteroatoms. The maximum atomic E-state index is 12.1. The van der Waals surface area contributed by atoms with Gasteiger partial charge in [-0.05, 0) is 56.9 Å². The van der Waals surface area contributed by atoms with Crippen molar-refractivity contribution in [2.45, 2.75) is 44.8 Å². The predicted molar refractivity (Wildman–Crippen MR) is 85.4 cm³/mol. The fourth-order valence-electron chi connectivity index (χ4n) is 2.46. The Balaban J connectivity index is 1.88. The highest BCUT2D eigenvalue weighted by Gasteiger charge is 2.24. The maximum absolute atomic E-state index is 12.1. The first-order valence-electron chi connectivity index (χ1n) is 7.71. The largest absolute Gasteiger partial charge is 0.459 e. The summed E-state index contributed by atoms with van der Waals surface area (Å²) < 4.78 is 15.9. The molecule has 0 heterocycles. The van der Waals surface area contributed by atoms with Crippen LogP contribution < -0.4 is 4.74 Å². The molecule has 0 spiro atoms. The summed E-state index contributed by atoms with van der Waals surface area (Å²) in [5.74, 6) is -0.478. The molecule has 0 saturated heterocycles. The highest BCUT2D eigenvalue weighted by Crippen LogP contribution is 2.24. The third kappa shape index (κ3) is 4.93. The Morgan fingerprint density at radius 1 is 1.04 bits per heavy atom. The van der Waals surface area contributed by atoms with Crippen LogP contribution in [0.25, 0.3) is 0 Å². The van der Waals surface area contributed by atoms with E-state index in [9.17, 15) is 9.59 Å². The van der Waals surface area contributed by atoms with Crippen molar-refractivity contribution < 1.29 is 23.8 Å². The Bertz CT molecular complexity index is 568. The molecule has 1 aliphatic carbocycles. The molecule has 0 atom stereocenters. The topological polar surface area (TPSA) is 61.8 Å². The van der Waals surface area contributed by atoms with Crippen molar-refractivity contribution in [2.24, 2.45) is 0 Å². The monoisotopic (exact) mass is 318 g/mol. The second-order valence-corrected chi connectivity index (χ2v) is 5.73. The molecule has 124 valence electrons. The summed E-state index contributed by atoms with van der Waals surface area (Å²) in [5.41, 5.74) is 0.758. The van der Waals surface area contributed by atoms with Crippen LogP contribution in [0.3, 0.4) is 0 Å². The van der Waals surface area contributed by atoms with Crippen LogP contribution in [0.4, 0.5) is 0 Å². The lowest BCUT2D eigenvalue weighted by atomic mass is 9.95. The molecule has 0 bridgehead atoms. The minimum absolute atomic E-state index is 0.0604. The number of methoxy groups -OCH3 is 1. The number of hydrogen-bond donors (Lipinski definition) is 0. The zero-order valence-corrected chi connectivity index (χ0v) is 13.5. The first-order valence-corrected chi connectivity index (χ1v) is 7.71. The Morgan fingerprint density at radius 2 is 1.61 bits per heavy atom. The van der Waals surface area contributed by atoms with Crippen LogP contribution in [0.1, 0.15) is 43.0 Å². The molecule has 1 aromatic carbocycles. The molecule has 1 aromatic rings. The smallest absolute Gasteiger partial charge is 0.338 e. The summed E-state index contributed by atoms with van der Waals surface area (Å²) >= 11 is 0. The van der Waals surface area contributed by atoms with Crippen LogP contribution in [-0.4, -0.2) is 31.3 Å². The van der Waals surface area contributed by atoms with Crippen molar-refractivity contribution >= 4 is 11.9 Å². The predicted octanol–water partition coefficient (Wildman–Crippen LogP) is 3.28. The van der Waals surface area contributed by atoms with Gasteiger partial charge < -0.3 is 14.2 Å². The summed E-state index contributed by atoms with van der Waals surface area (Å²) in [6, 6.07) is 6.31. The number of carbonyl (C=O) groups is 2. The second kappa shape index (κ2) is 7.92. The minimum Gasteiger partial charge on any atom is -0.459 e. The van der Waals surface area contributed by atoms with Crippen LogP contribution in [0.15, 0.2) is 36.4 Å². The van der Waals surface area contributed by atoms with Crippen LogP contribution >= 0.6 is 0 Å². The Labute approximate surface area is 136 Å². The molecule has 1 saturated carbocycles. The van der Waals surface area contributed by atoms with Gasteiger partial charge in [-0.25, -0.2) is 9.59 Å². The average Bonchev–Trinajstić information content (AvgIpc) is 2.56. The molecule has 2 rings (SSSR count). The van der Waals surface area contributed by atoms with E-state index >= 15 is 0 Å². The van der Waals surface area contributed by atoms with Gasteiger partial charge in [0.25, 0.3) is 0 Å². The Kier molecular flexibility index (Phi) is 5.93. The average molecular weight is 318 g/mol. The van der Waals surface area contributed by atoms with Gasteiger partial charge in [0.05, 0.1) is 11.7 Å². The summed E-state index contributed by atoms with van der Waals surface area (Å²) in [7, 11) is 1.71. The van der Waals surface area contributed by atoms with Crippen molar-refractivity contribution in [3.05, 3.63) is 42.0 Å². The highest BCUT2D eigenvalue weighted by atomic mass is 16.5. The SMILES string of the molecule is C=C(C)C(=O)Oc1ccc(C(=O)OC2CCC(OC)CC2)cc1. The molecule has 0 unspecified atom stereocenters. The molecule has 0 N–H and O–H groups in total. The van der Waals surface area contributed by atoms with Gasteiger partial charge in [0, 0.05) is 12.7 Å². The van der Waals surface area contributed by atoms with E-state index in [4.69, 9.17) is 14.2 Å². The van der Waals surface area contributed by atoms with Gasteiger partial charge in [-0.2, -0.15) is 0 Å². The summed E-state index contributed by atoms with van der Waals surface area (Å²) in [4.78, 5) is 23.6. The van der Waals surface area contributed by atoms with E-state index in [2.05, 4.69) is 6.58 Å². The minimum atomic E-state index is -0.491. The molecular formula is C18H22O5. The third-order valence-electron chi connectivity index (χ3n) is 3.88. The van der Waals surface area contributed by atoms with Crippen molar-refractivity contribution in [3.8, 4) is 5.75 Å². The van der Waals surface area contributed by atoms with E-state index in [-0.39, 0.29) is 18.2 Å². The van der Waals surface area contributed by atoms with Crippen molar-refractivity contribution in [3.63, 3.8) is 0 Å². The lowest BCUT2D eigenvalue weighted by molar-refractivity contribution is -0.130. The number of benzene rings is 1. The van der Waals surface area contributed by atoms with Gasteiger partial charge in [0.2, 0.25) is 0 Å². The van der Waals surface area contributed by atoms with E-state index in [0.29, 0.717) is 16.9 Å². The number of ether oxygens (including phenoxy) is 3. The van der Waals surface area contributed by atoms with Crippen LogP contribution in [-0.2, 0) is 14.3 Å². The number of rotatable bonds is 5. The normalized spacial score (nSPS) is 20.6. The first kappa shape index (κ1) is 17.2. The molecule has 23 heavy (non-hydrogen) atoms. The van der Waals surface area contributed by atoms with Crippen LogP contribution in [0.2, 0.25) is 0 Å². The molecular weight excluding hydrogens is 296 g/mol. The van der Waals surface area contributed by atoms with E-state index in [1.807, 2.05) is 0 Å². The third-order valence-corrected chi connectivity index (χ3v) is 3.88. The zero-order chi connectivity index (χ0) is 16.8. The lowest BCUT2D eigenvalue weighted by Crippen LogP contribution is -2.27. The first-order chi connectivity index (χ1) is 11.0. The summed E-state index contributed by atoms with van der Waals surface area (Å²) in [6.07, 6.45) is 3.66. The van der Waals surface area contributed by atoms with Crippen LogP contribution in [0, 0.1) is 0 Å². The quantitative estimate of drug-likeness (QED) is 0.473. The van der Waals surface area contributed by atoms with Gasteiger partial charge in [-0.15, -0.1) is 0 Å². The van der Waals surface area contributed by atoms with Gasteiger partial charge in [0.15, 0.2) is 0 Å². The van der Waals surface area contributed by atoms with Gasteiger partial charge in [0.1, 0.15) is 11.9 Å². The Hall–Kier alpha value is -2.14. The maximum Gasteiger partial charge on any atom is 0.338 e. The highest BCUT2D eigenvalue weighted by molar-refractivity contribution is 5.90. The van der Waals surface area contributed by atoms with E-state index in [1.165, 1.54) is 0 Å². The molecule has 0 aromatic heterocycles. The van der Waals surface area contributed by atoms with E-state index in [1.54, 1.807) is 38.3 Å².